The highest BCUT2D eigenvalue weighted by molar-refractivity contribution is 6.16. The van der Waals surface area contributed by atoms with Gasteiger partial charge in [-0.3, -0.25) is 0 Å². The Morgan fingerprint density at radius 1 is 0.431 bits per heavy atom. The van der Waals surface area contributed by atoms with Crippen molar-refractivity contribution < 1.29 is 8.83 Å². The van der Waals surface area contributed by atoms with Gasteiger partial charge in [-0.15, -0.1) is 0 Å². The lowest BCUT2D eigenvalue weighted by molar-refractivity contribution is 0.667. The molecule has 5 heteroatoms. The normalized spacial score (nSPS) is 11.9. The molecule has 0 aliphatic carbocycles. The highest BCUT2D eigenvalue weighted by atomic mass is 16.3. The summed E-state index contributed by atoms with van der Waals surface area (Å²) in [5.74, 6) is 0.645. The van der Waals surface area contributed by atoms with Crippen molar-refractivity contribution in [1.82, 2.24) is 14.5 Å². The van der Waals surface area contributed by atoms with Crippen LogP contribution in [0.1, 0.15) is 0 Å². The zero-order chi connectivity index (χ0) is 33.5. The summed E-state index contributed by atoms with van der Waals surface area (Å²) in [7, 11) is 0. The highest BCUT2D eigenvalue weighted by Gasteiger charge is 2.22. The topological polar surface area (TPSA) is 57.0 Å². The minimum atomic E-state index is 0.645. The van der Waals surface area contributed by atoms with Crippen LogP contribution in [-0.4, -0.2) is 14.5 Å². The maximum absolute atomic E-state index is 6.68. The number of benzene rings is 7. The van der Waals surface area contributed by atoms with Crippen LogP contribution in [0.25, 0.3) is 105 Å². The van der Waals surface area contributed by atoms with Crippen molar-refractivity contribution in [3.8, 4) is 39.5 Å². The summed E-state index contributed by atoms with van der Waals surface area (Å²) in [6.07, 6.45) is 0. The fourth-order valence-electron chi connectivity index (χ4n) is 7.70. The third-order valence-electron chi connectivity index (χ3n) is 10.0. The van der Waals surface area contributed by atoms with Gasteiger partial charge in [0.25, 0.3) is 0 Å². The third kappa shape index (κ3) is 4.22. The number of para-hydroxylation sites is 3. The summed E-state index contributed by atoms with van der Waals surface area (Å²) in [4.78, 5) is 10.4. The molecular weight excluding hydrogens is 627 g/mol. The first-order chi connectivity index (χ1) is 25.3. The summed E-state index contributed by atoms with van der Waals surface area (Å²) in [5.41, 5.74) is 12.2. The van der Waals surface area contributed by atoms with E-state index >= 15 is 0 Å². The first-order valence-electron chi connectivity index (χ1n) is 17.1. The number of furan rings is 2. The van der Waals surface area contributed by atoms with E-state index < -0.39 is 0 Å². The van der Waals surface area contributed by atoms with Crippen LogP contribution in [0.2, 0.25) is 0 Å². The Hall–Kier alpha value is -6.98. The molecule has 7 aromatic carbocycles. The molecule has 0 aliphatic rings. The molecule has 238 valence electrons. The van der Waals surface area contributed by atoms with E-state index in [-0.39, 0.29) is 0 Å². The van der Waals surface area contributed by atoms with Crippen molar-refractivity contribution in [1.29, 1.82) is 0 Å². The second kappa shape index (κ2) is 10.8. The van der Waals surface area contributed by atoms with Crippen molar-refractivity contribution >= 4 is 65.8 Å². The maximum Gasteiger partial charge on any atom is 0.180 e. The van der Waals surface area contributed by atoms with Gasteiger partial charge in [-0.25, -0.2) is 9.97 Å². The Labute approximate surface area is 291 Å². The van der Waals surface area contributed by atoms with E-state index in [0.29, 0.717) is 11.4 Å². The fraction of sp³-hybridized carbons (Fsp3) is 0. The standard InChI is InChI=1S/C46H27N3O2/c1-3-12-28(13-4-1)46-47-43(34-18-11-21-41-42(34)33-17-8-10-20-39(33)50-41)45-44(48-46)36-27-30(23-25-40(36)51-45)29-22-24-38-35(26-29)32-16-7-9-19-37(32)49(38)31-14-5-2-6-15-31/h1-27H. The second-order valence-corrected chi connectivity index (χ2v) is 12.9. The molecule has 0 aliphatic heterocycles. The van der Waals surface area contributed by atoms with E-state index in [0.717, 1.165) is 72.1 Å². The van der Waals surface area contributed by atoms with Gasteiger partial charge >= 0.3 is 0 Å². The minimum Gasteiger partial charge on any atom is -0.456 e. The molecule has 11 aromatic rings. The lowest BCUT2D eigenvalue weighted by Gasteiger charge is -2.08. The molecular formula is C46H27N3O2. The van der Waals surface area contributed by atoms with Crippen LogP contribution in [0.4, 0.5) is 0 Å². The summed E-state index contributed by atoms with van der Waals surface area (Å²) in [6, 6.07) is 56.7. The number of nitrogens with zero attached hydrogens (tertiary/aromatic N) is 3. The van der Waals surface area contributed by atoms with E-state index in [1.165, 1.54) is 21.8 Å². The van der Waals surface area contributed by atoms with Crippen LogP contribution >= 0.6 is 0 Å². The Morgan fingerprint density at radius 3 is 1.96 bits per heavy atom. The molecule has 4 heterocycles. The van der Waals surface area contributed by atoms with Gasteiger partial charge in [0.2, 0.25) is 0 Å². The second-order valence-electron chi connectivity index (χ2n) is 12.9. The molecule has 0 atom stereocenters. The molecule has 0 radical (unpaired) electrons. The lowest BCUT2D eigenvalue weighted by atomic mass is 10.0. The molecule has 0 bridgehead atoms. The van der Waals surface area contributed by atoms with Crippen molar-refractivity contribution in [2.24, 2.45) is 0 Å². The number of rotatable bonds is 4. The van der Waals surface area contributed by atoms with Crippen molar-refractivity contribution in [2.75, 3.05) is 0 Å². The van der Waals surface area contributed by atoms with Gasteiger partial charge in [-0.1, -0.05) is 109 Å². The van der Waals surface area contributed by atoms with E-state index in [1.54, 1.807) is 0 Å². The quantitative estimate of drug-likeness (QED) is 0.190. The third-order valence-corrected chi connectivity index (χ3v) is 10.0. The minimum absolute atomic E-state index is 0.645. The molecule has 4 aromatic heterocycles. The predicted octanol–water partition coefficient (Wildman–Crippen LogP) is 12.4. The van der Waals surface area contributed by atoms with Gasteiger partial charge in [-0.05, 0) is 65.7 Å². The van der Waals surface area contributed by atoms with Crippen molar-refractivity contribution in [2.45, 2.75) is 0 Å². The lowest BCUT2D eigenvalue weighted by Crippen LogP contribution is -1.94. The van der Waals surface area contributed by atoms with E-state index in [2.05, 4.69) is 108 Å². The molecule has 0 saturated carbocycles. The van der Waals surface area contributed by atoms with Gasteiger partial charge in [0.1, 0.15) is 28.0 Å². The van der Waals surface area contributed by atoms with Crippen LogP contribution in [-0.2, 0) is 0 Å². The largest absolute Gasteiger partial charge is 0.456 e. The van der Waals surface area contributed by atoms with Gasteiger partial charge in [0.15, 0.2) is 11.4 Å². The summed E-state index contributed by atoms with van der Waals surface area (Å²) >= 11 is 0. The number of hydrogen-bond donors (Lipinski definition) is 0. The average Bonchev–Trinajstić information content (AvgIpc) is 3.87. The first kappa shape index (κ1) is 27.9. The van der Waals surface area contributed by atoms with Gasteiger partial charge < -0.3 is 13.4 Å². The first-order valence-corrected chi connectivity index (χ1v) is 17.1. The molecule has 11 rings (SSSR count). The number of fused-ring (bicyclic) bond motifs is 9. The Bertz CT molecular complexity index is 3130. The van der Waals surface area contributed by atoms with Crippen LogP contribution in [0.15, 0.2) is 173 Å². The number of hydrogen-bond acceptors (Lipinski definition) is 4. The number of aromatic nitrogens is 3. The Balaban J connectivity index is 1.15. The highest BCUT2D eigenvalue weighted by Crippen LogP contribution is 2.42. The summed E-state index contributed by atoms with van der Waals surface area (Å²) in [5, 5.41) is 5.42. The Kier molecular flexibility index (Phi) is 5.89. The smallest absolute Gasteiger partial charge is 0.180 e. The van der Waals surface area contributed by atoms with Crippen molar-refractivity contribution in [3.05, 3.63) is 164 Å². The molecule has 0 amide bonds. The molecule has 51 heavy (non-hydrogen) atoms. The fourth-order valence-corrected chi connectivity index (χ4v) is 7.70. The molecule has 0 fully saturated rings. The van der Waals surface area contributed by atoms with E-state index in [4.69, 9.17) is 18.8 Å². The maximum atomic E-state index is 6.68. The Morgan fingerprint density at radius 2 is 1.10 bits per heavy atom. The van der Waals surface area contributed by atoms with Crippen molar-refractivity contribution in [3.63, 3.8) is 0 Å². The monoisotopic (exact) mass is 653 g/mol. The van der Waals surface area contributed by atoms with Crippen LogP contribution < -0.4 is 0 Å². The molecule has 0 N–H and O–H groups in total. The molecule has 0 saturated heterocycles. The van der Waals surface area contributed by atoms with Crippen LogP contribution in [0.5, 0.6) is 0 Å². The van der Waals surface area contributed by atoms with E-state index in [9.17, 15) is 0 Å². The van der Waals surface area contributed by atoms with Gasteiger partial charge in [0.05, 0.1) is 11.0 Å². The van der Waals surface area contributed by atoms with Crippen LogP contribution in [0.3, 0.4) is 0 Å². The molecule has 0 spiro atoms. The predicted molar refractivity (Wildman–Crippen MR) is 207 cm³/mol. The molecule has 5 nitrogen and oxygen atoms in total. The van der Waals surface area contributed by atoms with E-state index in [1.807, 2.05) is 60.7 Å². The average molecular weight is 654 g/mol. The van der Waals surface area contributed by atoms with Gasteiger partial charge in [-0.2, -0.15) is 0 Å². The zero-order valence-corrected chi connectivity index (χ0v) is 27.2. The SMILES string of the molecule is c1ccc(-c2nc(-c3cccc4oc5ccccc5c34)c3oc4ccc(-c5ccc6c(c5)c5ccccc5n6-c5ccccc5)cc4c3n2)cc1. The molecule has 0 unspecified atom stereocenters. The zero-order valence-electron chi connectivity index (χ0n) is 27.2. The van der Waals surface area contributed by atoms with Crippen LogP contribution in [0, 0.1) is 0 Å². The summed E-state index contributed by atoms with van der Waals surface area (Å²) in [6.45, 7) is 0. The summed E-state index contributed by atoms with van der Waals surface area (Å²) < 4.78 is 15.3. The van der Waals surface area contributed by atoms with Gasteiger partial charge in [0, 0.05) is 43.7 Å².